The van der Waals surface area contributed by atoms with E-state index in [1.54, 1.807) is 0 Å². The lowest BCUT2D eigenvalue weighted by Crippen LogP contribution is -2.22. The Labute approximate surface area is 184 Å². The molecular formula is C28H41NO. The van der Waals surface area contributed by atoms with Crippen LogP contribution in [0.25, 0.3) is 0 Å². The molecule has 2 aromatic carbocycles. The van der Waals surface area contributed by atoms with Gasteiger partial charge in [-0.15, -0.1) is 0 Å². The van der Waals surface area contributed by atoms with Gasteiger partial charge < -0.3 is 10.1 Å². The first kappa shape index (κ1) is 22.7. The summed E-state index contributed by atoms with van der Waals surface area (Å²) in [7, 11) is 0. The Kier molecular flexibility index (Phi) is 5.13. The maximum absolute atomic E-state index is 6.71. The zero-order chi connectivity index (χ0) is 22.9. The molecular weight excluding hydrogens is 366 g/mol. The van der Waals surface area contributed by atoms with Gasteiger partial charge in [0.2, 0.25) is 0 Å². The summed E-state index contributed by atoms with van der Waals surface area (Å²) in [5, 5.41) is 3.79. The molecule has 0 bridgehead atoms. The minimum Gasteiger partial charge on any atom is -0.453 e. The highest BCUT2D eigenvalue weighted by Gasteiger charge is 2.33. The monoisotopic (exact) mass is 407 g/mol. The number of benzene rings is 2. The number of fused-ring (bicyclic) bond motifs is 2. The van der Waals surface area contributed by atoms with E-state index in [0.29, 0.717) is 0 Å². The van der Waals surface area contributed by atoms with Gasteiger partial charge in [-0.05, 0) is 50.5 Å². The Hall–Kier alpha value is -1.96. The number of hydrogen-bond acceptors (Lipinski definition) is 2. The Morgan fingerprint density at radius 1 is 0.567 bits per heavy atom. The standard InChI is InChI=1S/C28H41NO/c1-25(2,3)17-14-20(28(10,11)12)24-21(15-17)29-23-19(27(7,8)9)13-18(26(4,5)6)16-22(23)30-24/h13-16,29H,1-12H3. The first-order valence-corrected chi connectivity index (χ1v) is 11.2. The van der Waals surface area contributed by atoms with Crippen molar-refractivity contribution in [2.75, 3.05) is 5.32 Å². The highest BCUT2D eigenvalue weighted by molar-refractivity contribution is 5.81. The second-order valence-electron chi connectivity index (χ2n) is 13.0. The van der Waals surface area contributed by atoms with Crippen LogP contribution in [0.1, 0.15) is 105 Å². The van der Waals surface area contributed by atoms with Crippen LogP contribution < -0.4 is 10.1 Å². The molecule has 0 saturated carbocycles. The minimum atomic E-state index is -0.0149. The summed E-state index contributed by atoms with van der Waals surface area (Å²) in [6.07, 6.45) is 0. The van der Waals surface area contributed by atoms with Crippen LogP contribution in [-0.4, -0.2) is 0 Å². The predicted octanol–water partition coefficient (Wildman–Crippen LogP) is 8.73. The number of nitrogens with one attached hydrogen (secondary N) is 1. The van der Waals surface area contributed by atoms with Crippen LogP contribution in [0.4, 0.5) is 11.4 Å². The van der Waals surface area contributed by atoms with E-state index in [4.69, 9.17) is 4.74 Å². The van der Waals surface area contributed by atoms with Gasteiger partial charge >= 0.3 is 0 Å². The van der Waals surface area contributed by atoms with Gasteiger partial charge in [0, 0.05) is 5.56 Å². The topological polar surface area (TPSA) is 21.3 Å². The maximum atomic E-state index is 6.71. The summed E-state index contributed by atoms with van der Waals surface area (Å²) in [4.78, 5) is 0. The molecule has 3 rings (SSSR count). The molecule has 0 amide bonds. The molecule has 2 heteroatoms. The van der Waals surface area contributed by atoms with E-state index in [-0.39, 0.29) is 21.7 Å². The molecule has 0 unspecified atom stereocenters. The highest BCUT2D eigenvalue weighted by Crippen LogP contribution is 2.52. The second-order valence-corrected chi connectivity index (χ2v) is 13.0. The fraction of sp³-hybridized carbons (Fsp3) is 0.571. The normalized spacial score (nSPS) is 14.5. The van der Waals surface area contributed by atoms with E-state index in [2.05, 4.69) is 113 Å². The van der Waals surface area contributed by atoms with E-state index >= 15 is 0 Å². The summed E-state index contributed by atoms with van der Waals surface area (Å²) >= 11 is 0. The van der Waals surface area contributed by atoms with Crippen molar-refractivity contribution in [1.29, 1.82) is 0 Å². The molecule has 0 saturated heterocycles. The second kappa shape index (κ2) is 6.77. The Morgan fingerprint density at radius 3 is 1.50 bits per heavy atom. The van der Waals surface area contributed by atoms with Gasteiger partial charge in [-0.1, -0.05) is 95.2 Å². The van der Waals surface area contributed by atoms with Crippen LogP contribution in [0.5, 0.6) is 11.5 Å². The van der Waals surface area contributed by atoms with Crippen LogP contribution in [0.2, 0.25) is 0 Å². The third kappa shape index (κ3) is 4.24. The summed E-state index contributed by atoms with van der Waals surface area (Å²) in [6.45, 7) is 27.2. The van der Waals surface area contributed by atoms with Gasteiger partial charge in [0.05, 0.1) is 11.4 Å². The maximum Gasteiger partial charge on any atom is 0.154 e. The molecule has 0 aliphatic carbocycles. The zero-order valence-electron chi connectivity index (χ0n) is 21.2. The van der Waals surface area contributed by atoms with Crippen molar-refractivity contribution in [3.63, 3.8) is 0 Å². The molecule has 1 aliphatic rings. The Balaban J connectivity index is 2.29. The van der Waals surface area contributed by atoms with Crippen LogP contribution >= 0.6 is 0 Å². The summed E-state index contributed by atoms with van der Waals surface area (Å²) in [5.74, 6) is 1.91. The largest absolute Gasteiger partial charge is 0.453 e. The Bertz CT molecular complexity index is 889. The molecule has 1 N–H and O–H groups in total. The minimum absolute atomic E-state index is 0.00764. The smallest absolute Gasteiger partial charge is 0.154 e. The van der Waals surface area contributed by atoms with E-state index in [1.165, 1.54) is 22.3 Å². The van der Waals surface area contributed by atoms with Gasteiger partial charge in [-0.25, -0.2) is 0 Å². The molecule has 0 radical (unpaired) electrons. The first-order chi connectivity index (χ1) is 13.4. The summed E-state index contributed by atoms with van der Waals surface area (Å²) in [5.41, 5.74) is 7.49. The molecule has 0 fully saturated rings. The van der Waals surface area contributed by atoms with Crippen molar-refractivity contribution >= 4 is 11.4 Å². The van der Waals surface area contributed by atoms with Crippen molar-refractivity contribution in [1.82, 2.24) is 0 Å². The van der Waals surface area contributed by atoms with Crippen LogP contribution in [0.15, 0.2) is 24.3 Å². The first-order valence-electron chi connectivity index (χ1n) is 11.2. The third-order valence-electron chi connectivity index (χ3n) is 6.01. The molecule has 0 atom stereocenters. The molecule has 0 aromatic heterocycles. The zero-order valence-corrected chi connectivity index (χ0v) is 21.2. The summed E-state index contributed by atoms with van der Waals surface area (Å²) < 4.78 is 6.71. The van der Waals surface area contributed by atoms with Gasteiger partial charge in [-0.3, -0.25) is 0 Å². The lowest BCUT2D eigenvalue weighted by atomic mass is 9.78. The van der Waals surface area contributed by atoms with Gasteiger partial charge in [0.15, 0.2) is 11.5 Å². The molecule has 1 aliphatic heterocycles. The highest BCUT2D eigenvalue weighted by atomic mass is 16.5. The quantitative estimate of drug-likeness (QED) is 0.402. The molecule has 2 aromatic rings. The average molecular weight is 408 g/mol. The van der Waals surface area contributed by atoms with E-state index in [9.17, 15) is 0 Å². The van der Waals surface area contributed by atoms with E-state index in [0.717, 1.165) is 22.9 Å². The lowest BCUT2D eigenvalue weighted by molar-refractivity contribution is 0.446. The van der Waals surface area contributed by atoms with Crippen LogP contribution in [0, 0.1) is 0 Å². The number of hydrogen-bond donors (Lipinski definition) is 1. The van der Waals surface area contributed by atoms with Crippen molar-refractivity contribution in [3.05, 3.63) is 46.5 Å². The number of rotatable bonds is 0. The average Bonchev–Trinajstić information content (AvgIpc) is 2.54. The van der Waals surface area contributed by atoms with E-state index < -0.39 is 0 Å². The fourth-order valence-corrected chi connectivity index (χ4v) is 3.92. The molecule has 1 heterocycles. The predicted molar refractivity (Wildman–Crippen MR) is 131 cm³/mol. The van der Waals surface area contributed by atoms with Crippen molar-refractivity contribution in [2.24, 2.45) is 0 Å². The molecule has 30 heavy (non-hydrogen) atoms. The van der Waals surface area contributed by atoms with E-state index in [1.807, 2.05) is 0 Å². The number of ether oxygens (including phenoxy) is 1. The van der Waals surface area contributed by atoms with Gasteiger partial charge in [0.25, 0.3) is 0 Å². The lowest BCUT2D eigenvalue weighted by Gasteiger charge is -2.35. The fourth-order valence-electron chi connectivity index (χ4n) is 3.92. The third-order valence-corrected chi connectivity index (χ3v) is 6.01. The molecule has 164 valence electrons. The molecule has 0 spiro atoms. The van der Waals surface area contributed by atoms with Crippen LogP contribution in [-0.2, 0) is 21.7 Å². The van der Waals surface area contributed by atoms with Crippen LogP contribution in [0.3, 0.4) is 0 Å². The molecule has 2 nitrogen and oxygen atoms in total. The van der Waals surface area contributed by atoms with Gasteiger partial charge in [0.1, 0.15) is 0 Å². The van der Waals surface area contributed by atoms with Crippen molar-refractivity contribution in [3.8, 4) is 11.5 Å². The SMILES string of the molecule is CC(C)(C)c1cc2c(c(C(C)(C)C)c1)Nc1cc(C(C)(C)C)cc(C(C)(C)C)c1O2. The van der Waals surface area contributed by atoms with Gasteiger partial charge in [-0.2, -0.15) is 0 Å². The van der Waals surface area contributed by atoms with Crippen molar-refractivity contribution < 1.29 is 4.74 Å². The number of anilines is 2. The Morgan fingerprint density at radius 2 is 1.03 bits per heavy atom. The summed E-state index contributed by atoms with van der Waals surface area (Å²) in [6, 6.07) is 9.20. The van der Waals surface area contributed by atoms with Crippen molar-refractivity contribution in [2.45, 2.75) is 105 Å².